The van der Waals surface area contributed by atoms with Crippen LogP contribution < -0.4 is 5.32 Å². The predicted octanol–water partition coefficient (Wildman–Crippen LogP) is 1.31. The summed E-state index contributed by atoms with van der Waals surface area (Å²) in [4.78, 5) is 18.7. The number of hydrogen-bond acceptors (Lipinski definition) is 5. The fourth-order valence-electron chi connectivity index (χ4n) is 1.06. The maximum atomic E-state index is 10.8. The van der Waals surface area contributed by atoms with Gasteiger partial charge in [0.05, 0.1) is 12.2 Å². The summed E-state index contributed by atoms with van der Waals surface area (Å²) in [5.74, 6) is 0.963. The minimum absolute atomic E-state index is 0.164. The third-order valence-electron chi connectivity index (χ3n) is 1.73. The van der Waals surface area contributed by atoms with E-state index in [2.05, 4.69) is 15.3 Å². The number of aryl methyl sites for hydroxylation is 1. The number of ether oxygens (including phenoxy) is 1. The van der Waals surface area contributed by atoms with Gasteiger partial charge in [0.15, 0.2) is 6.29 Å². The Balaban J connectivity index is 2.88. The summed E-state index contributed by atoms with van der Waals surface area (Å²) >= 11 is 5.79. The van der Waals surface area contributed by atoms with Gasteiger partial charge in [-0.05, 0) is 6.92 Å². The van der Waals surface area contributed by atoms with E-state index >= 15 is 0 Å². The van der Waals surface area contributed by atoms with Crippen molar-refractivity contribution in [3.05, 3.63) is 16.5 Å². The average Bonchev–Trinajstić information content (AvgIpc) is 2.17. The molecule has 6 heteroatoms. The summed E-state index contributed by atoms with van der Waals surface area (Å²) in [5.41, 5.74) is 0.276. The molecule has 0 atom stereocenters. The largest absolute Gasteiger partial charge is 0.383 e. The van der Waals surface area contributed by atoms with Crippen LogP contribution in [-0.4, -0.2) is 36.5 Å². The van der Waals surface area contributed by atoms with E-state index in [1.165, 1.54) is 0 Å². The molecule has 0 aliphatic carbocycles. The van der Waals surface area contributed by atoms with Gasteiger partial charge in [0.25, 0.3) is 0 Å². The van der Waals surface area contributed by atoms with Crippen molar-refractivity contribution in [3.8, 4) is 0 Å². The molecule has 0 radical (unpaired) electrons. The number of anilines is 1. The summed E-state index contributed by atoms with van der Waals surface area (Å²) in [5, 5.41) is 3.12. The molecule has 0 saturated heterocycles. The first-order valence-electron chi connectivity index (χ1n) is 4.41. The second kappa shape index (κ2) is 5.63. The van der Waals surface area contributed by atoms with Gasteiger partial charge in [-0.15, -0.1) is 0 Å². The monoisotopic (exact) mass is 229 g/mol. The highest BCUT2D eigenvalue weighted by Gasteiger charge is 2.09. The minimum Gasteiger partial charge on any atom is -0.383 e. The minimum atomic E-state index is 0.164. The first kappa shape index (κ1) is 11.9. The number of nitrogens with one attached hydrogen (secondary N) is 1. The number of hydrogen-bond donors (Lipinski definition) is 1. The van der Waals surface area contributed by atoms with Crippen LogP contribution in [0.2, 0.25) is 5.15 Å². The topological polar surface area (TPSA) is 64.1 Å². The standard InChI is InChI=1S/C9H12ClN3O2/c1-6-12-8(10)7(5-14)9(13-6)11-3-4-15-2/h5H,3-4H2,1-2H3,(H,11,12,13). The Morgan fingerprint density at radius 3 is 2.87 bits per heavy atom. The van der Waals surface area contributed by atoms with Gasteiger partial charge in [-0.3, -0.25) is 4.79 Å². The normalized spacial score (nSPS) is 10.1. The van der Waals surface area contributed by atoms with E-state index in [1.807, 2.05) is 0 Å². The number of nitrogens with zero attached hydrogens (tertiary/aromatic N) is 2. The second-order valence-corrected chi connectivity index (χ2v) is 3.22. The highest BCUT2D eigenvalue weighted by atomic mass is 35.5. The first-order chi connectivity index (χ1) is 7.19. The molecule has 0 unspecified atom stereocenters. The first-order valence-corrected chi connectivity index (χ1v) is 4.79. The summed E-state index contributed by atoms with van der Waals surface area (Å²) < 4.78 is 4.87. The highest BCUT2D eigenvalue weighted by Crippen LogP contribution is 2.18. The van der Waals surface area contributed by atoms with Gasteiger partial charge in [0, 0.05) is 13.7 Å². The van der Waals surface area contributed by atoms with Gasteiger partial charge in [-0.1, -0.05) is 11.6 Å². The van der Waals surface area contributed by atoms with Crippen LogP contribution in [0.25, 0.3) is 0 Å². The van der Waals surface area contributed by atoms with Crippen LogP contribution in [0.15, 0.2) is 0 Å². The summed E-state index contributed by atoms with van der Waals surface area (Å²) in [6, 6.07) is 0. The van der Waals surface area contributed by atoms with E-state index in [0.717, 1.165) is 0 Å². The van der Waals surface area contributed by atoms with Gasteiger partial charge in [-0.2, -0.15) is 0 Å². The van der Waals surface area contributed by atoms with Crippen LogP contribution in [-0.2, 0) is 4.74 Å². The number of aldehydes is 1. The Labute approximate surface area is 92.8 Å². The van der Waals surface area contributed by atoms with Gasteiger partial charge >= 0.3 is 0 Å². The van der Waals surface area contributed by atoms with Gasteiger partial charge < -0.3 is 10.1 Å². The quantitative estimate of drug-likeness (QED) is 0.469. The van der Waals surface area contributed by atoms with E-state index in [9.17, 15) is 4.79 Å². The molecular weight excluding hydrogens is 218 g/mol. The number of aromatic nitrogens is 2. The lowest BCUT2D eigenvalue weighted by Gasteiger charge is -2.08. The number of halogens is 1. The molecule has 1 aromatic heterocycles. The van der Waals surface area contributed by atoms with Crippen LogP contribution in [0.4, 0.5) is 5.82 Å². The molecule has 0 spiro atoms. The van der Waals surface area contributed by atoms with Crippen molar-refractivity contribution >= 4 is 23.7 Å². The van der Waals surface area contributed by atoms with Crippen LogP contribution in [0.5, 0.6) is 0 Å². The maximum Gasteiger partial charge on any atom is 0.156 e. The maximum absolute atomic E-state index is 10.8. The van der Waals surface area contributed by atoms with Crippen LogP contribution >= 0.6 is 11.6 Å². The molecule has 15 heavy (non-hydrogen) atoms. The molecule has 82 valence electrons. The molecule has 0 amide bonds. The van der Waals surface area contributed by atoms with Crippen LogP contribution in [0.3, 0.4) is 0 Å². The van der Waals surface area contributed by atoms with Crippen molar-refractivity contribution < 1.29 is 9.53 Å². The SMILES string of the molecule is COCCNc1nc(C)nc(Cl)c1C=O. The number of carbonyl (C=O) groups is 1. The molecule has 0 bridgehead atoms. The lowest BCUT2D eigenvalue weighted by atomic mass is 10.3. The van der Waals surface area contributed by atoms with Gasteiger partial charge in [0.2, 0.25) is 0 Å². The molecule has 0 aromatic carbocycles. The van der Waals surface area contributed by atoms with E-state index in [4.69, 9.17) is 16.3 Å². The number of rotatable bonds is 5. The van der Waals surface area contributed by atoms with Crippen molar-refractivity contribution in [2.24, 2.45) is 0 Å². The lowest BCUT2D eigenvalue weighted by molar-refractivity contribution is 0.112. The van der Waals surface area contributed by atoms with Gasteiger partial charge in [-0.25, -0.2) is 9.97 Å². The fourth-order valence-corrected chi connectivity index (χ4v) is 1.31. The predicted molar refractivity (Wildman–Crippen MR) is 57.5 cm³/mol. The smallest absolute Gasteiger partial charge is 0.156 e. The van der Waals surface area contributed by atoms with Crippen molar-refractivity contribution in [2.45, 2.75) is 6.92 Å². The molecule has 1 rings (SSSR count). The Hall–Kier alpha value is -1.20. The van der Waals surface area contributed by atoms with E-state index in [1.54, 1.807) is 14.0 Å². The lowest BCUT2D eigenvalue weighted by Crippen LogP contribution is -2.12. The molecule has 0 aliphatic rings. The third kappa shape index (κ3) is 3.14. The molecular formula is C9H12ClN3O2. The van der Waals surface area contributed by atoms with E-state index in [-0.39, 0.29) is 10.7 Å². The molecule has 0 aliphatic heterocycles. The molecule has 1 aromatic rings. The average molecular weight is 230 g/mol. The van der Waals surface area contributed by atoms with Crippen LogP contribution in [0.1, 0.15) is 16.2 Å². The van der Waals surface area contributed by atoms with E-state index in [0.29, 0.717) is 31.1 Å². The second-order valence-electron chi connectivity index (χ2n) is 2.86. The third-order valence-corrected chi connectivity index (χ3v) is 2.02. The van der Waals surface area contributed by atoms with Gasteiger partial charge in [0.1, 0.15) is 16.8 Å². The number of carbonyl (C=O) groups excluding carboxylic acids is 1. The van der Waals surface area contributed by atoms with Crippen molar-refractivity contribution in [1.82, 2.24) is 9.97 Å². The Kier molecular flexibility index (Phi) is 4.45. The summed E-state index contributed by atoms with van der Waals surface area (Å²) in [7, 11) is 1.60. The zero-order valence-corrected chi connectivity index (χ0v) is 9.34. The summed E-state index contributed by atoms with van der Waals surface area (Å²) in [6.45, 7) is 2.80. The Bertz CT molecular complexity index is 357. The highest BCUT2D eigenvalue weighted by molar-refractivity contribution is 6.32. The summed E-state index contributed by atoms with van der Waals surface area (Å²) in [6.07, 6.45) is 0.636. The fraction of sp³-hybridized carbons (Fsp3) is 0.444. The Morgan fingerprint density at radius 1 is 1.53 bits per heavy atom. The van der Waals surface area contributed by atoms with E-state index < -0.39 is 0 Å². The molecule has 1 N–H and O–H groups in total. The number of methoxy groups -OCH3 is 1. The molecule has 5 nitrogen and oxygen atoms in total. The molecule has 1 heterocycles. The zero-order chi connectivity index (χ0) is 11.3. The zero-order valence-electron chi connectivity index (χ0n) is 8.58. The molecule has 0 saturated carbocycles. The van der Waals surface area contributed by atoms with Crippen molar-refractivity contribution in [3.63, 3.8) is 0 Å². The van der Waals surface area contributed by atoms with Crippen molar-refractivity contribution in [1.29, 1.82) is 0 Å². The van der Waals surface area contributed by atoms with Crippen LogP contribution in [0, 0.1) is 6.92 Å². The molecule has 0 fully saturated rings. The van der Waals surface area contributed by atoms with Crippen molar-refractivity contribution in [2.75, 3.05) is 25.6 Å². The Morgan fingerprint density at radius 2 is 2.27 bits per heavy atom.